The fourth-order valence-corrected chi connectivity index (χ4v) is 4.85. The number of ether oxygens (including phenoxy) is 2. The molecule has 7 heteroatoms. The molecule has 1 N–H and O–H groups in total. The fourth-order valence-electron chi connectivity index (χ4n) is 3.44. The lowest BCUT2D eigenvalue weighted by atomic mass is 9.88. The molecule has 6 nitrogen and oxygen atoms in total. The van der Waals surface area contributed by atoms with Crippen LogP contribution in [0.1, 0.15) is 63.9 Å². The van der Waals surface area contributed by atoms with Crippen LogP contribution in [0.25, 0.3) is 0 Å². The molecule has 0 fully saturated rings. The number of anilines is 1. The topological polar surface area (TPSA) is 81.7 Å². The predicted molar refractivity (Wildman–Crippen MR) is 116 cm³/mol. The van der Waals surface area contributed by atoms with Gasteiger partial charge in [0.25, 0.3) is 5.91 Å². The summed E-state index contributed by atoms with van der Waals surface area (Å²) in [6.45, 7) is 7.63. The van der Waals surface area contributed by atoms with E-state index < -0.39 is 23.9 Å². The van der Waals surface area contributed by atoms with Gasteiger partial charge in [0.15, 0.2) is 6.10 Å². The van der Waals surface area contributed by atoms with Gasteiger partial charge in [-0.1, -0.05) is 24.6 Å². The largest absolute Gasteiger partial charge is 0.462 e. The molecular formula is C23H27NO5S. The zero-order valence-electron chi connectivity index (χ0n) is 17.7. The number of aryl methyl sites for hydroxylation is 1. The second-order valence-corrected chi connectivity index (χ2v) is 8.78. The van der Waals surface area contributed by atoms with Crippen LogP contribution in [0.5, 0.6) is 0 Å². The molecule has 1 aliphatic carbocycles. The third kappa shape index (κ3) is 4.90. The highest BCUT2D eigenvalue weighted by Gasteiger charge is 2.30. The summed E-state index contributed by atoms with van der Waals surface area (Å²) in [5.41, 5.74) is 2.82. The van der Waals surface area contributed by atoms with Gasteiger partial charge in [0.2, 0.25) is 0 Å². The minimum Gasteiger partial charge on any atom is -0.462 e. The van der Waals surface area contributed by atoms with Gasteiger partial charge in [-0.15, -0.1) is 11.3 Å². The molecule has 0 spiro atoms. The Morgan fingerprint density at radius 2 is 1.90 bits per heavy atom. The fraction of sp³-hybridized carbons (Fsp3) is 0.435. The number of carbonyl (C=O) groups excluding carboxylic acids is 3. The van der Waals surface area contributed by atoms with Gasteiger partial charge in [0, 0.05) is 4.88 Å². The Balaban J connectivity index is 1.75. The summed E-state index contributed by atoms with van der Waals surface area (Å²) in [6, 6.07) is 6.94. The van der Waals surface area contributed by atoms with Crippen LogP contribution >= 0.6 is 11.3 Å². The summed E-state index contributed by atoms with van der Waals surface area (Å²) >= 11 is 1.41. The van der Waals surface area contributed by atoms with E-state index >= 15 is 0 Å². The van der Waals surface area contributed by atoms with Crippen molar-refractivity contribution in [2.45, 2.75) is 53.1 Å². The summed E-state index contributed by atoms with van der Waals surface area (Å²) in [4.78, 5) is 38.7. The van der Waals surface area contributed by atoms with Crippen molar-refractivity contribution in [1.82, 2.24) is 0 Å². The van der Waals surface area contributed by atoms with Gasteiger partial charge in [0.05, 0.1) is 17.7 Å². The Hall–Kier alpha value is -2.67. The number of benzene rings is 1. The molecule has 1 aromatic carbocycles. The molecule has 0 aliphatic heterocycles. The van der Waals surface area contributed by atoms with E-state index in [1.165, 1.54) is 18.3 Å². The second kappa shape index (κ2) is 9.43. The molecule has 2 aromatic rings. The van der Waals surface area contributed by atoms with Crippen molar-refractivity contribution in [1.29, 1.82) is 0 Å². The van der Waals surface area contributed by atoms with E-state index in [4.69, 9.17) is 9.47 Å². The van der Waals surface area contributed by atoms with Crippen LogP contribution in [0.15, 0.2) is 24.3 Å². The summed E-state index contributed by atoms with van der Waals surface area (Å²) in [7, 11) is 0. The number of hydrogen-bond donors (Lipinski definition) is 1. The van der Waals surface area contributed by atoms with Crippen molar-refractivity contribution in [3.63, 3.8) is 0 Å². The normalized spacial score (nSPS) is 16.3. The van der Waals surface area contributed by atoms with Crippen LogP contribution in [0.4, 0.5) is 5.00 Å². The molecular weight excluding hydrogens is 402 g/mol. The van der Waals surface area contributed by atoms with E-state index in [-0.39, 0.29) is 6.61 Å². The SMILES string of the molecule is CCOC(=O)c1c(NC(=O)[C@@H](C)OC(=O)c2ccc(C)cc2)sc2c1CC[C@H](C)C2. The van der Waals surface area contributed by atoms with Gasteiger partial charge in [-0.25, -0.2) is 9.59 Å². The van der Waals surface area contributed by atoms with Gasteiger partial charge in [0.1, 0.15) is 5.00 Å². The third-order valence-electron chi connectivity index (χ3n) is 5.17. The van der Waals surface area contributed by atoms with Crippen molar-refractivity contribution in [2.75, 3.05) is 11.9 Å². The van der Waals surface area contributed by atoms with Crippen molar-refractivity contribution < 1.29 is 23.9 Å². The molecule has 2 atom stereocenters. The van der Waals surface area contributed by atoms with Gasteiger partial charge in [-0.3, -0.25) is 4.79 Å². The maximum atomic E-state index is 12.7. The van der Waals surface area contributed by atoms with Crippen LogP contribution in [0.3, 0.4) is 0 Å². The first-order chi connectivity index (χ1) is 14.3. The van der Waals surface area contributed by atoms with Crippen molar-refractivity contribution >= 4 is 34.2 Å². The Morgan fingerprint density at radius 1 is 1.20 bits per heavy atom. The zero-order valence-corrected chi connectivity index (χ0v) is 18.6. The summed E-state index contributed by atoms with van der Waals surface area (Å²) in [5, 5.41) is 3.26. The van der Waals surface area contributed by atoms with Gasteiger partial charge < -0.3 is 14.8 Å². The summed E-state index contributed by atoms with van der Waals surface area (Å²) in [6.07, 6.45) is 1.65. The number of esters is 2. The van der Waals surface area contributed by atoms with Crippen LogP contribution in [0.2, 0.25) is 0 Å². The number of hydrogen-bond acceptors (Lipinski definition) is 6. The predicted octanol–water partition coefficient (Wildman–Crippen LogP) is 4.54. The lowest BCUT2D eigenvalue weighted by Gasteiger charge is -2.18. The standard InChI is InChI=1S/C23H27NO5S/c1-5-28-23(27)19-17-11-8-14(3)12-18(17)30-21(19)24-20(25)15(4)29-22(26)16-9-6-13(2)7-10-16/h6-7,9-10,14-15H,5,8,11-12H2,1-4H3,(H,24,25)/t14-,15+/m0/s1. The Bertz CT molecular complexity index is 947. The highest BCUT2D eigenvalue weighted by Crippen LogP contribution is 2.40. The summed E-state index contributed by atoms with van der Waals surface area (Å²) < 4.78 is 10.5. The van der Waals surface area contributed by atoms with Crippen molar-refractivity contribution in [3.8, 4) is 0 Å². The number of fused-ring (bicyclic) bond motifs is 1. The maximum Gasteiger partial charge on any atom is 0.341 e. The van der Waals surface area contributed by atoms with Crippen molar-refractivity contribution in [2.24, 2.45) is 5.92 Å². The van der Waals surface area contributed by atoms with Gasteiger partial charge >= 0.3 is 11.9 Å². The van der Waals surface area contributed by atoms with E-state index in [1.807, 2.05) is 19.1 Å². The molecule has 160 valence electrons. The molecule has 3 rings (SSSR count). The van der Waals surface area contributed by atoms with Gasteiger partial charge in [-0.2, -0.15) is 0 Å². The molecule has 0 unspecified atom stereocenters. The van der Waals surface area contributed by atoms with E-state index in [9.17, 15) is 14.4 Å². The molecule has 30 heavy (non-hydrogen) atoms. The average Bonchev–Trinajstić information content (AvgIpc) is 3.05. The first kappa shape index (κ1) is 22.0. The molecule has 0 radical (unpaired) electrons. The number of nitrogens with one attached hydrogen (secondary N) is 1. The monoisotopic (exact) mass is 429 g/mol. The lowest BCUT2D eigenvalue weighted by Crippen LogP contribution is -2.30. The first-order valence-corrected chi connectivity index (χ1v) is 11.0. The van der Waals surface area contributed by atoms with E-state index in [1.54, 1.807) is 19.1 Å². The zero-order chi connectivity index (χ0) is 21.8. The van der Waals surface area contributed by atoms with Crippen LogP contribution in [-0.2, 0) is 27.1 Å². The Kier molecular flexibility index (Phi) is 6.92. The van der Waals surface area contributed by atoms with Crippen LogP contribution in [0, 0.1) is 12.8 Å². The molecule has 1 amide bonds. The number of thiophene rings is 1. The van der Waals surface area contributed by atoms with E-state index in [0.717, 1.165) is 35.3 Å². The number of carbonyl (C=O) groups is 3. The quantitative estimate of drug-likeness (QED) is 0.682. The molecule has 0 saturated carbocycles. The van der Waals surface area contributed by atoms with E-state index in [2.05, 4.69) is 12.2 Å². The minimum atomic E-state index is -1.01. The number of rotatable bonds is 6. The Morgan fingerprint density at radius 3 is 2.57 bits per heavy atom. The van der Waals surface area contributed by atoms with Gasteiger partial charge in [-0.05, 0) is 63.6 Å². The highest BCUT2D eigenvalue weighted by molar-refractivity contribution is 7.17. The smallest absolute Gasteiger partial charge is 0.341 e. The molecule has 1 aromatic heterocycles. The second-order valence-electron chi connectivity index (χ2n) is 7.68. The first-order valence-electron chi connectivity index (χ1n) is 10.2. The van der Waals surface area contributed by atoms with Crippen molar-refractivity contribution in [3.05, 3.63) is 51.4 Å². The average molecular weight is 430 g/mol. The van der Waals surface area contributed by atoms with Crippen LogP contribution in [-0.4, -0.2) is 30.6 Å². The highest BCUT2D eigenvalue weighted by atomic mass is 32.1. The molecule has 1 aliphatic rings. The molecule has 0 bridgehead atoms. The molecule has 1 heterocycles. The Labute approximate surface area is 180 Å². The summed E-state index contributed by atoms with van der Waals surface area (Å²) in [5.74, 6) is -0.941. The number of amides is 1. The third-order valence-corrected chi connectivity index (χ3v) is 6.34. The molecule has 0 saturated heterocycles. The van der Waals surface area contributed by atoms with Crippen LogP contribution < -0.4 is 5.32 Å². The minimum absolute atomic E-state index is 0.262. The maximum absolute atomic E-state index is 12.7. The van der Waals surface area contributed by atoms with E-state index in [0.29, 0.717) is 22.0 Å². The lowest BCUT2D eigenvalue weighted by molar-refractivity contribution is -0.123.